The van der Waals surface area contributed by atoms with Crippen LogP contribution >= 0.6 is 12.2 Å². The molecule has 2 aromatic rings. The Kier molecular flexibility index (Phi) is 9.97. The molecule has 0 bridgehead atoms. The number of benzene rings is 2. The van der Waals surface area contributed by atoms with Crippen molar-refractivity contribution in [1.82, 2.24) is 10.6 Å². The molecule has 0 aromatic heterocycles. The van der Waals surface area contributed by atoms with Gasteiger partial charge in [0.2, 0.25) is 0 Å². The van der Waals surface area contributed by atoms with E-state index < -0.39 is 5.41 Å². The minimum Gasteiger partial charge on any atom is -0.496 e. The van der Waals surface area contributed by atoms with Crippen molar-refractivity contribution in [1.29, 1.82) is 0 Å². The molecule has 2 rings (SSSR count). The Labute approximate surface area is 197 Å². The molecule has 1 unspecified atom stereocenters. The van der Waals surface area contributed by atoms with Gasteiger partial charge in [0.05, 0.1) is 19.1 Å². The van der Waals surface area contributed by atoms with E-state index in [4.69, 9.17) is 21.7 Å². The van der Waals surface area contributed by atoms with Crippen LogP contribution in [0.5, 0.6) is 5.75 Å². The predicted molar refractivity (Wildman–Crippen MR) is 134 cm³/mol. The molecule has 0 saturated heterocycles. The second kappa shape index (κ2) is 12.4. The highest BCUT2D eigenvalue weighted by Crippen LogP contribution is 2.19. The first-order chi connectivity index (χ1) is 15.2. The van der Waals surface area contributed by atoms with Crippen molar-refractivity contribution in [2.75, 3.05) is 20.3 Å². The van der Waals surface area contributed by atoms with E-state index in [0.717, 1.165) is 29.7 Å². The van der Waals surface area contributed by atoms with Gasteiger partial charge in [-0.25, -0.2) is 0 Å². The smallest absolute Gasteiger partial charge is 0.311 e. The SMILES string of the molecule is COc1cc(CNC(=S)NCC(CCc2ccccc2)COC(=O)C(C)(C)C)ccc1C. The number of hydrogen-bond acceptors (Lipinski definition) is 4. The summed E-state index contributed by atoms with van der Waals surface area (Å²) in [6, 6.07) is 16.4. The van der Waals surface area contributed by atoms with E-state index in [1.807, 2.05) is 58.0 Å². The maximum absolute atomic E-state index is 12.2. The molecule has 0 saturated carbocycles. The second-order valence-electron chi connectivity index (χ2n) is 9.11. The molecular formula is C26H36N2O3S. The van der Waals surface area contributed by atoms with Gasteiger partial charge >= 0.3 is 5.97 Å². The molecule has 174 valence electrons. The number of esters is 1. The molecule has 0 fully saturated rings. The Morgan fingerprint density at radius 1 is 1.06 bits per heavy atom. The molecule has 0 spiro atoms. The Balaban J connectivity index is 1.87. The number of carbonyl (C=O) groups excluding carboxylic acids is 1. The van der Waals surface area contributed by atoms with Gasteiger partial charge in [0.1, 0.15) is 5.75 Å². The fourth-order valence-electron chi connectivity index (χ4n) is 3.13. The first-order valence-corrected chi connectivity index (χ1v) is 11.5. The maximum Gasteiger partial charge on any atom is 0.311 e. The van der Waals surface area contributed by atoms with Crippen LogP contribution in [0.4, 0.5) is 0 Å². The molecule has 6 heteroatoms. The van der Waals surface area contributed by atoms with Crippen molar-refractivity contribution < 1.29 is 14.3 Å². The monoisotopic (exact) mass is 456 g/mol. The number of rotatable bonds is 10. The zero-order valence-corrected chi connectivity index (χ0v) is 20.7. The average Bonchev–Trinajstić information content (AvgIpc) is 2.77. The van der Waals surface area contributed by atoms with Crippen molar-refractivity contribution in [3.05, 3.63) is 65.2 Å². The third-order valence-electron chi connectivity index (χ3n) is 5.22. The summed E-state index contributed by atoms with van der Waals surface area (Å²) in [4.78, 5) is 12.2. The zero-order valence-electron chi connectivity index (χ0n) is 19.9. The van der Waals surface area contributed by atoms with Crippen molar-refractivity contribution in [2.24, 2.45) is 11.3 Å². The van der Waals surface area contributed by atoms with E-state index in [1.165, 1.54) is 5.56 Å². The number of carbonyl (C=O) groups is 1. The topological polar surface area (TPSA) is 59.6 Å². The molecular weight excluding hydrogens is 420 g/mol. The quantitative estimate of drug-likeness (QED) is 0.395. The van der Waals surface area contributed by atoms with Gasteiger partial charge in [-0.2, -0.15) is 0 Å². The van der Waals surface area contributed by atoms with E-state index in [1.54, 1.807) is 7.11 Å². The molecule has 0 amide bonds. The Bertz CT molecular complexity index is 878. The Morgan fingerprint density at radius 2 is 1.78 bits per heavy atom. The van der Waals surface area contributed by atoms with Gasteiger partial charge in [-0.05, 0) is 75.5 Å². The largest absolute Gasteiger partial charge is 0.496 e. The van der Waals surface area contributed by atoms with Gasteiger partial charge in [0.25, 0.3) is 0 Å². The van der Waals surface area contributed by atoms with Gasteiger partial charge in [-0.15, -0.1) is 0 Å². The molecule has 1 atom stereocenters. The highest BCUT2D eigenvalue weighted by Gasteiger charge is 2.24. The average molecular weight is 457 g/mol. The third kappa shape index (κ3) is 8.87. The molecule has 2 N–H and O–H groups in total. The van der Waals surface area contributed by atoms with E-state index in [2.05, 4.69) is 28.8 Å². The molecule has 0 heterocycles. The van der Waals surface area contributed by atoms with Crippen LogP contribution in [0, 0.1) is 18.3 Å². The van der Waals surface area contributed by atoms with Crippen molar-refractivity contribution in [2.45, 2.75) is 47.1 Å². The minimum absolute atomic E-state index is 0.153. The fraction of sp³-hybridized carbons (Fsp3) is 0.462. The van der Waals surface area contributed by atoms with Gasteiger partial charge < -0.3 is 20.1 Å². The van der Waals surface area contributed by atoms with E-state index in [-0.39, 0.29) is 11.9 Å². The van der Waals surface area contributed by atoms with Crippen LogP contribution in [0.2, 0.25) is 0 Å². The second-order valence-corrected chi connectivity index (χ2v) is 9.51. The lowest BCUT2D eigenvalue weighted by Crippen LogP contribution is -2.39. The van der Waals surface area contributed by atoms with Gasteiger partial charge in [0.15, 0.2) is 5.11 Å². The van der Waals surface area contributed by atoms with Gasteiger partial charge in [0, 0.05) is 19.0 Å². The number of ether oxygens (including phenoxy) is 2. The first-order valence-electron chi connectivity index (χ1n) is 11.1. The molecule has 0 radical (unpaired) electrons. The minimum atomic E-state index is -0.511. The van der Waals surface area contributed by atoms with Gasteiger partial charge in [-0.1, -0.05) is 42.5 Å². The van der Waals surface area contributed by atoms with E-state index in [0.29, 0.717) is 24.8 Å². The zero-order chi connectivity index (χ0) is 23.6. The molecule has 32 heavy (non-hydrogen) atoms. The molecule has 5 nitrogen and oxygen atoms in total. The number of aryl methyl sites for hydroxylation is 2. The number of thiocarbonyl (C=S) groups is 1. The summed E-state index contributed by atoms with van der Waals surface area (Å²) < 4.78 is 11.0. The summed E-state index contributed by atoms with van der Waals surface area (Å²) in [5, 5.41) is 7.11. The Hall–Kier alpha value is -2.60. The summed E-state index contributed by atoms with van der Waals surface area (Å²) >= 11 is 5.47. The maximum atomic E-state index is 12.2. The van der Waals surface area contributed by atoms with Crippen LogP contribution in [0.3, 0.4) is 0 Å². The van der Waals surface area contributed by atoms with E-state index >= 15 is 0 Å². The number of nitrogens with one attached hydrogen (secondary N) is 2. The van der Waals surface area contributed by atoms with E-state index in [9.17, 15) is 4.79 Å². The summed E-state index contributed by atoms with van der Waals surface area (Å²) in [6.07, 6.45) is 1.82. The number of methoxy groups -OCH3 is 1. The lowest BCUT2D eigenvalue weighted by Gasteiger charge is -2.22. The van der Waals surface area contributed by atoms with Crippen LogP contribution in [0.15, 0.2) is 48.5 Å². The highest BCUT2D eigenvalue weighted by atomic mass is 32.1. The molecule has 0 aliphatic heterocycles. The summed E-state index contributed by atoms with van der Waals surface area (Å²) in [5.41, 5.74) is 2.96. The van der Waals surface area contributed by atoms with Crippen molar-refractivity contribution in [3.8, 4) is 5.75 Å². The first kappa shape index (κ1) is 25.7. The van der Waals surface area contributed by atoms with Crippen molar-refractivity contribution >= 4 is 23.3 Å². The van der Waals surface area contributed by atoms with Crippen molar-refractivity contribution in [3.63, 3.8) is 0 Å². The molecule has 2 aromatic carbocycles. The summed E-state index contributed by atoms with van der Waals surface area (Å²) in [6.45, 7) is 9.23. The normalized spacial score (nSPS) is 12.0. The number of hydrogen-bond donors (Lipinski definition) is 2. The highest BCUT2D eigenvalue weighted by molar-refractivity contribution is 7.80. The van der Waals surface area contributed by atoms with Crippen LogP contribution < -0.4 is 15.4 Å². The summed E-state index contributed by atoms with van der Waals surface area (Å²) in [5.74, 6) is 0.835. The summed E-state index contributed by atoms with van der Waals surface area (Å²) in [7, 11) is 1.67. The Morgan fingerprint density at radius 3 is 2.44 bits per heavy atom. The predicted octanol–water partition coefficient (Wildman–Crippen LogP) is 4.81. The molecule has 0 aliphatic carbocycles. The van der Waals surface area contributed by atoms with Crippen LogP contribution in [0.1, 0.15) is 43.9 Å². The van der Waals surface area contributed by atoms with Gasteiger partial charge in [-0.3, -0.25) is 4.79 Å². The van der Waals surface area contributed by atoms with Crippen LogP contribution in [-0.4, -0.2) is 31.3 Å². The lowest BCUT2D eigenvalue weighted by atomic mass is 9.97. The fourth-order valence-corrected chi connectivity index (χ4v) is 3.28. The lowest BCUT2D eigenvalue weighted by molar-refractivity contribution is -0.154. The van der Waals surface area contributed by atoms with Crippen LogP contribution in [-0.2, 0) is 22.5 Å². The standard InChI is InChI=1S/C26H36N2O3S/c1-19-11-12-21(15-23(19)30-5)16-27-25(32)28-17-22(18-31-24(29)26(2,3)4)14-13-20-9-7-6-8-10-20/h6-12,15,22H,13-14,16-18H2,1-5H3,(H2,27,28,32). The molecule has 0 aliphatic rings. The van der Waals surface area contributed by atoms with Crippen LogP contribution in [0.25, 0.3) is 0 Å². The third-order valence-corrected chi connectivity index (χ3v) is 5.51.